The van der Waals surface area contributed by atoms with E-state index in [0.717, 1.165) is 11.3 Å². The van der Waals surface area contributed by atoms with Gasteiger partial charge in [0.15, 0.2) is 0 Å². The summed E-state index contributed by atoms with van der Waals surface area (Å²) >= 11 is 0. The average molecular weight is 424 g/mol. The highest BCUT2D eigenvalue weighted by molar-refractivity contribution is 7.89. The molecule has 0 aliphatic carbocycles. The van der Waals surface area contributed by atoms with Gasteiger partial charge >= 0.3 is 0 Å². The maximum absolute atomic E-state index is 12.8. The minimum atomic E-state index is -3.53. The van der Waals surface area contributed by atoms with Crippen molar-refractivity contribution in [3.8, 4) is 0 Å². The summed E-state index contributed by atoms with van der Waals surface area (Å²) in [5.74, 6) is -0.245. The summed E-state index contributed by atoms with van der Waals surface area (Å²) in [5, 5.41) is 6.22. The van der Waals surface area contributed by atoms with Crippen molar-refractivity contribution in [2.24, 2.45) is 0 Å². The second-order valence-corrected chi connectivity index (χ2v) is 8.84. The molecule has 0 bridgehead atoms. The number of amides is 1. The van der Waals surface area contributed by atoms with Crippen LogP contribution in [-0.4, -0.2) is 21.4 Å². The number of rotatable bonds is 7. The van der Waals surface area contributed by atoms with Crippen molar-refractivity contribution >= 4 is 27.3 Å². The van der Waals surface area contributed by atoms with Crippen molar-refractivity contribution in [1.82, 2.24) is 10.0 Å². The van der Waals surface area contributed by atoms with Crippen LogP contribution in [0.5, 0.6) is 0 Å². The van der Waals surface area contributed by atoms with Gasteiger partial charge in [-0.05, 0) is 67.9 Å². The number of anilines is 2. The van der Waals surface area contributed by atoms with Crippen LogP contribution in [0.3, 0.4) is 0 Å². The van der Waals surface area contributed by atoms with Crippen LogP contribution in [0.4, 0.5) is 11.4 Å². The number of hydrogen-bond acceptors (Lipinski definition) is 4. The molecule has 0 saturated carbocycles. The van der Waals surface area contributed by atoms with E-state index in [4.69, 9.17) is 0 Å². The fourth-order valence-electron chi connectivity index (χ4n) is 3.04. The molecule has 156 valence electrons. The smallest absolute Gasteiger partial charge is 0.253 e. The molecule has 0 atom stereocenters. The molecule has 3 N–H and O–H groups in total. The molecule has 3 rings (SSSR count). The fraction of sp³-hybridized carbons (Fsp3) is 0.174. The van der Waals surface area contributed by atoms with Crippen LogP contribution in [0.25, 0.3) is 0 Å². The van der Waals surface area contributed by atoms with Crippen molar-refractivity contribution < 1.29 is 13.2 Å². The van der Waals surface area contributed by atoms with Gasteiger partial charge in [0.2, 0.25) is 10.0 Å². The third kappa shape index (κ3) is 4.87. The fourth-order valence-corrected chi connectivity index (χ4v) is 3.84. The molecule has 7 heteroatoms. The number of sulfonamides is 1. The van der Waals surface area contributed by atoms with E-state index in [1.54, 1.807) is 24.3 Å². The Balaban J connectivity index is 1.77. The SMILES string of the molecule is CNS(=O)(=O)c1cccc(CNC(=O)c2ccccc2Nc2cccc(C)c2C)c1. The molecule has 0 radical (unpaired) electrons. The summed E-state index contributed by atoms with van der Waals surface area (Å²) in [5.41, 5.74) is 5.14. The van der Waals surface area contributed by atoms with Crippen LogP contribution in [0.15, 0.2) is 71.6 Å². The zero-order valence-corrected chi connectivity index (χ0v) is 18.0. The molecular formula is C23H25N3O3S. The van der Waals surface area contributed by atoms with E-state index in [-0.39, 0.29) is 17.3 Å². The Morgan fingerprint density at radius 3 is 2.37 bits per heavy atom. The van der Waals surface area contributed by atoms with Gasteiger partial charge in [-0.25, -0.2) is 13.1 Å². The van der Waals surface area contributed by atoms with Gasteiger partial charge in [-0.1, -0.05) is 36.4 Å². The molecule has 0 heterocycles. The Morgan fingerprint density at radius 2 is 1.60 bits per heavy atom. The van der Waals surface area contributed by atoms with Gasteiger partial charge in [-0.15, -0.1) is 0 Å². The molecule has 0 spiro atoms. The van der Waals surface area contributed by atoms with Gasteiger partial charge in [0.1, 0.15) is 0 Å². The quantitative estimate of drug-likeness (QED) is 0.538. The van der Waals surface area contributed by atoms with Gasteiger partial charge in [0, 0.05) is 12.2 Å². The highest BCUT2D eigenvalue weighted by Crippen LogP contribution is 2.25. The van der Waals surface area contributed by atoms with Crippen molar-refractivity contribution in [3.05, 3.63) is 89.0 Å². The van der Waals surface area contributed by atoms with E-state index in [1.807, 2.05) is 50.2 Å². The van der Waals surface area contributed by atoms with E-state index in [2.05, 4.69) is 15.4 Å². The summed E-state index contributed by atoms with van der Waals surface area (Å²) in [6, 6.07) is 19.8. The molecule has 30 heavy (non-hydrogen) atoms. The first-order chi connectivity index (χ1) is 14.3. The monoisotopic (exact) mass is 423 g/mol. The number of carbonyl (C=O) groups is 1. The van der Waals surface area contributed by atoms with E-state index < -0.39 is 10.0 Å². The largest absolute Gasteiger partial charge is 0.355 e. The molecule has 0 fully saturated rings. The third-order valence-electron chi connectivity index (χ3n) is 4.98. The molecule has 0 unspecified atom stereocenters. The van der Waals surface area contributed by atoms with Crippen molar-refractivity contribution in [3.63, 3.8) is 0 Å². The van der Waals surface area contributed by atoms with Gasteiger partial charge in [-0.2, -0.15) is 0 Å². The topological polar surface area (TPSA) is 87.3 Å². The number of benzene rings is 3. The average Bonchev–Trinajstić information content (AvgIpc) is 2.76. The van der Waals surface area contributed by atoms with Gasteiger partial charge in [-0.3, -0.25) is 4.79 Å². The number of aryl methyl sites for hydroxylation is 1. The minimum absolute atomic E-state index is 0.161. The second-order valence-electron chi connectivity index (χ2n) is 6.96. The molecule has 0 saturated heterocycles. The highest BCUT2D eigenvalue weighted by Gasteiger charge is 2.14. The zero-order chi connectivity index (χ0) is 21.7. The number of nitrogens with one attached hydrogen (secondary N) is 3. The Morgan fingerprint density at radius 1 is 0.900 bits per heavy atom. The summed E-state index contributed by atoms with van der Waals surface area (Å²) < 4.78 is 26.2. The lowest BCUT2D eigenvalue weighted by atomic mass is 10.1. The van der Waals surface area contributed by atoms with Crippen LogP contribution in [0.1, 0.15) is 27.0 Å². The summed E-state index contributed by atoms with van der Waals surface area (Å²) in [7, 11) is -2.17. The van der Waals surface area contributed by atoms with Crippen LogP contribution in [0, 0.1) is 13.8 Å². The Kier molecular flexibility index (Phi) is 6.54. The number of para-hydroxylation sites is 1. The molecule has 0 aliphatic heterocycles. The Bertz CT molecular complexity index is 1170. The van der Waals surface area contributed by atoms with Crippen LogP contribution >= 0.6 is 0 Å². The number of hydrogen-bond donors (Lipinski definition) is 3. The van der Waals surface area contributed by atoms with Crippen molar-refractivity contribution in [2.45, 2.75) is 25.3 Å². The van der Waals surface area contributed by atoms with Gasteiger partial charge < -0.3 is 10.6 Å². The Labute approximate surface area is 177 Å². The summed E-state index contributed by atoms with van der Waals surface area (Å²) in [4.78, 5) is 13.0. The van der Waals surface area contributed by atoms with Gasteiger partial charge in [0.25, 0.3) is 5.91 Å². The standard InChI is InChI=1S/C23H25N3O3S/c1-16-8-6-13-21(17(16)2)26-22-12-5-4-11-20(22)23(27)25-15-18-9-7-10-19(14-18)30(28,29)24-3/h4-14,24,26H,15H2,1-3H3,(H,25,27). The van der Waals surface area contributed by atoms with Crippen LogP contribution in [0.2, 0.25) is 0 Å². The highest BCUT2D eigenvalue weighted by atomic mass is 32.2. The van der Waals surface area contributed by atoms with E-state index in [0.29, 0.717) is 16.8 Å². The maximum atomic E-state index is 12.8. The van der Waals surface area contributed by atoms with Crippen molar-refractivity contribution in [2.75, 3.05) is 12.4 Å². The molecule has 1 amide bonds. The summed E-state index contributed by atoms with van der Waals surface area (Å²) in [6.07, 6.45) is 0. The molecular weight excluding hydrogens is 398 g/mol. The lowest BCUT2D eigenvalue weighted by molar-refractivity contribution is 0.0951. The van der Waals surface area contributed by atoms with Gasteiger partial charge in [0.05, 0.1) is 16.1 Å². The lowest BCUT2D eigenvalue weighted by Gasteiger charge is -2.15. The van der Waals surface area contributed by atoms with Crippen LogP contribution in [-0.2, 0) is 16.6 Å². The normalized spacial score (nSPS) is 11.2. The van der Waals surface area contributed by atoms with E-state index >= 15 is 0 Å². The zero-order valence-electron chi connectivity index (χ0n) is 17.2. The molecule has 0 aromatic heterocycles. The molecule has 0 aliphatic rings. The van der Waals surface area contributed by atoms with E-state index in [9.17, 15) is 13.2 Å². The van der Waals surface area contributed by atoms with E-state index in [1.165, 1.54) is 18.7 Å². The first-order valence-corrected chi connectivity index (χ1v) is 11.0. The predicted molar refractivity (Wildman–Crippen MR) is 119 cm³/mol. The molecule has 3 aromatic carbocycles. The van der Waals surface area contributed by atoms with Crippen molar-refractivity contribution in [1.29, 1.82) is 0 Å². The Hall–Kier alpha value is -3.16. The van der Waals surface area contributed by atoms with Crippen LogP contribution < -0.4 is 15.4 Å². The number of carbonyl (C=O) groups excluding carboxylic acids is 1. The first-order valence-electron chi connectivity index (χ1n) is 9.55. The molecule has 6 nitrogen and oxygen atoms in total. The lowest BCUT2D eigenvalue weighted by Crippen LogP contribution is -2.24. The maximum Gasteiger partial charge on any atom is 0.253 e. The third-order valence-corrected chi connectivity index (χ3v) is 6.39. The first kappa shape index (κ1) is 21.5. The second kappa shape index (κ2) is 9.11. The summed E-state index contributed by atoms with van der Waals surface area (Å²) in [6.45, 7) is 4.29. The molecule has 3 aromatic rings. The minimum Gasteiger partial charge on any atom is -0.355 e. The predicted octanol–water partition coefficient (Wildman–Crippen LogP) is 3.89.